The van der Waals surface area contributed by atoms with E-state index < -0.39 is 9.84 Å². The molecule has 0 aromatic carbocycles. The molecule has 0 unspecified atom stereocenters. The molecule has 0 amide bonds. The van der Waals surface area contributed by atoms with Crippen LogP contribution >= 0.6 is 0 Å². The van der Waals surface area contributed by atoms with Gasteiger partial charge in [-0.2, -0.15) is 0 Å². The molecular weight excluding hydrogens is 276 g/mol. The van der Waals surface area contributed by atoms with E-state index in [1.54, 1.807) is 6.20 Å². The molecule has 3 rings (SSSR count). The number of pyridine rings is 1. The lowest BCUT2D eigenvalue weighted by Gasteiger charge is -2.02. The third kappa shape index (κ3) is 2.16. The Morgan fingerprint density at radius 1 is 1.15 bits per heavy atom. The molecule has 0 saturated carbocycles. The molecule has 102 valence electrons. The van der Waals surface area contributed by atoms with Gasteiger partial charge < -0.3 is 4.98 Å². The summed E-state index contributed by atoms with van der Waals surface area (Å²) >= 11 is 0. The molecular formula is C13H12N4O2S. The zero-order valence-electron chi connectivity index (χ0n) is 11.0. The molecule has 3 aromatic rings. The first-order valence-electron chi connectivity index (χ1n) is 5.92. The Balaban J connectivity index is 2.16. The summed E-state index contributed by atoms with van der Waals surface area (Å²) in [5.41, 5.74) is 2.57. The standard InChI is InChI=1S/C13H12N4O2S/c1-8-5-11-10(3-4-14-13(11)17-8)12-15-6-9(7-16-12)20(2,18)19/h3-7H,1-2H3,(H,14,17). The summed E-state index contributed by atoms with van der Waals surface area (Å²) in [7, 11) is -3.28. The predicted octanol–water partition coefficient (Wildman–Crippen LogP) is 1.73. The van der Waals surface area contributed by atoms with Crippen molar-refractivity contribution in [2.45, 2.75) is 11.8 Å². The minimum absolute atomic E-state index is 0.108. The largest absolute Gasteiger partial charge is 0.344 e. The first kappa shape index (κ1) is 12.7. The van der Waals surface area contributed by atoms with Gasteiger partial charge in [0.25, 0.3) is 0 Å². The van der Waals surface area contributed by atoms with Crippen molar-refractivity contribution in [3.63, 3.8) is 0 Å². The first-order valence-corrected chi connectivity index (χ1v) is 7.81. The molecule has 0 saturated heterocycles. The summed E-state index contributed by atoms with van der Waals surface area (Å²) < 4.78 is 22.8. The number of aryl methyl sites for hydroxylation is 1. The highest BCUT2D eigenvalue weighted by atomic mass is 32.2. The van der Waals surface area contributed by atoms with E-state index >= 15 is 0 Å². The van der Waals surface area contributed by atoms with E-state index in [2.05, 4.69) is 19.9 Å². The highest BCUT2D eigenvalue weighted by molar-refractivity contribution is 7.90. The average molecular weight is 288 g/mol. The fourth-order valence-electron chi connectivity index (χ4n) is 2.00. The van der Waals surface area contributed by atoms with Crippen LogP contribution in [0.3, 0.4) is 0 Å². The summed E-state index contributed by atoms with van der Waals surface area (Å²) in [5.74, 6) is 0.476. The maximum absolute atomic E-state index is 11.4. The van der Waals surface area contributed by atoms with Crippen molar-refractivity contribution in [3.05, 3.63) is 36.4 Å². The maximum atomic E-state index is 11.4. The topological polar surface area (TPSA) is 88.6 Å². The molecule has 3 aromatic heterocycles. The van der Waals surface area contributed by atoms with Crippen molar-refractivity contribution in [3.8, 4) is 11.4 Å². The third-order valence-corrected chi connectivity index (χ3v) is 4.03. The molecule has 0 aliphatic rings. The highest BCUT2D eigenvalue weighted by Gasteiger charge is 2.12. The molecule has 1 N–H and O–H groups in total. The fourth-order valence-corrected chi connectivity index (χ4v) is 2.49. The molecule has 0 atom stereocenters. The Labute approximate surface area is 115 Å². The Morgan fingerprint density at radius 2 is 1.85 bits per heavy atom. The Hall–Kier alpha value is -2.28. The first-order chi connectivity index (χ1) is 9.45. The van der Waals surface area contributed by atoms with Gasteiger partial charge in [-0.15, -0.1) is 0 Å². The number of nitrogens with zero attached hydrogens (tertiary/aromatic N) is 3. The summed E-state index contributed by atoms with van der Waals surface area (Å²) in [6.07, 6.45) is 5.44. The molecule has 20 heavy (non-hydrogen) atoms. The number of fused-ring (bicyclic) bond motifs is 1. The Kier molecular flexibility index (Phi) is 2.79. The molecule has 0 bridgehead atoms. The molecule has 6 nitrogen and oxygen atoms in total. The van der Waals surface area contributed by atoms with E-state index in [9.17, 15) is 8.42 Å². The number of nitrogens with one attached hydrogen (secondary N) is 1. The van der Waals surface area contributed by atoms with Crippen LogP contribution in [0, 0.1) is 6.92 Å². The maximum Gasteiger partial charge on any atom is 0.178 e. The van der Waals surface area contributed by atoms with Crippen LogP contribution in [0.1, 0.15) is 5.69 Å². The van der Waals surface area contributed by atoms with Crippen LogP contribution in [0.25, 0.3) is 22.4 Å². The summed E-state index contributed by atoms with van der Waals surface area (Å²) in [6, 6.07) is 3.77. The van der Waals surface area contributed by atoms with E-state index in [1.165, 1.54) is 12.4 Å². The predicted molar refractivity (Wildman–Crippen MR) is 75.0 cm³/mol. The van der Waals surface area contributed by atoms with Crippen LogP contribution < -0.4 is 0 Å². The van der Waals surface area contributed by atoms with Gasteiger partial charge in [0.15, 0.2) is 15.7 Å². The second-order valence-corrected chi connectivity index (χ2v) is 6.60. The van der Waals surface area contributed by atoms with Gasteiger partial charge in [0.2, 0.25) is 0 Å². The van der Waals surface area contributed by atoms with Crippen LogP contribution in [0.4, 0.5) is 0 Å². The minimum Gasteiger partial charge on any atom is -0.344 e. The van der Waals surface area contributed by atoms with Crippen LogP contribution in [0.5, 0.6) is 0 Å². The van der Waals surface area contributed by atoms with Gasteiger partial charge in [0, 0.05) is 41.5 Å². The van der Waals surface area contributed by atoms with Crippen LogP contribution in [-0.2, 0) is 9.84 Å². The normalized spacial score (nSPS) is 11.9. The number of aromatic amines is 1. The SMILES string of the molecule is Cc1cc2c(-c3ncc(S(C)(=O)=O)cn3)ccnc2[nH]1. The third-order valence-electron chi connectivity index (χ3n) is 2.96. The molecule has 3 heterocycles. The van der Waals surface area contributed by atoms with Crippen LogP contribution in [0.15, 0.2) is 35.6 Å². The van der Waals surface area contributed by atoms with E-state index in [0.717, 1.165) is 28.5 Å². The quantitative estimate of drug-likeness (QED) is 0.775. The number of hydrogen-bond acceptors (Lipinski definition) is 5. The minimum atomic E-state index is -3.28. The monoisotopic (exact) mass is 288 g/mol. The van der Waals surface area contributed by atoms with E-state index in [4.69, 9.17) is 0 Å². The highest BCUT2D eigenvalue weighted by Crippen LogP contribution is 2.25. The van der Waals surface area contributed by atoms with Crippen LogP contribution in [0.2, 0.25) is 0 Å². The second-order valence-electron chi connectivity index (χ2n) is 4.59. The van der Waals surface area contributed by atoms with Crippen molar-refractivity contribution in [1.29, 1.82) is 0 Å². The Bertz CT molecular complexity index is 882. The van der Waals surface area contributed by atoms with Gasteiger partial charge in [-0.05, 0) is 19.1 Å². The van der Waals surface area contributed by atoms with Crippen molar-refractivity contribution in [2.24, 2.45) is 0 Å². The summed E-state index contributed by atoms with van der Waals surface area (Å²) in [6.45, 7) is 1.94. The van der Waals surface area contributed by atoms with Gasteiger partial charge in [-0.25, -0.2) is 23.4 Å². The molecule has 0 radical (unpaired) electrons. The Morgan fingerprint density at radius 3 is 2.50 bits per heavy atom. The van der Waals surface area contributed by atoms with Crippen molar-refractivity contribution in [1.82, 2.24) is 19.9 Å². The zero-order chi connectivity index (χ0) is 14.3. The van der Waals surface area contributed by atoms with Crippen LogP contribution in [-0.4, -0.2) is 34.6 Å². The molecule has 7 heteroatoms. The number of aromatic nitrogens is 4. The van der Waals surface area contributed by atoms with Gasteiger partial charge in [-0.3, -0.25) is 0 Å². The van der Waals surface area contributed by atoms with Gasteiger partial charge >= 0.3 is 0 Å². The lowest BCUT2D eigenvalue weighted by Crippen LogP contribution is -2.00. The number of hydrogen-bond donors (Lipinski definition) is 1. The van der Waals surface area contributed by atoms with E-state index in [-0.39, 0.29) is 4.90 Å². The molecule has 0 aliphatic carbocycles. The van der Waals surface area contributed by atoms with Crippen molar-refractivity contribution >= 4 is 20.9 Å². The average Bonchev–Trinajstić information content (AvgIpc) is 2.78. The summed E-state index contributed by atoms with van der Waals surface area (Å²) in [4.78, 5) is 15.8. The number of sulfone groups is 1. The van der Waals surface area contributed by atoms with Gasteiger partial charge in [-0.1, -0.05) is 0 Å². The fraction of sp³-hybridized carbons (Fsp3) is 0.154. The zero-order valence-corrected chi connectivity index (χ0v) is 11.8. The van der Waals surface area contributed by atoms with Crippen molar-refractivity contribution < 1.29 is 8.42 Å². The van der Waals surface area contributed by atoms with Gasteiger partial charge in [0.05, 0.1) is 0 Å². The lowest BCUT2D eigenvalue weighted by atomic mass is 10.1. The number of H-pyrrole nitrogens is 1. The smallest absolute Gasteiger partial charge is 0.178 e. The van der Waals surface area contributed by atoms with Gasteiger partial charge in [0.1, 0.15) is 10.5 Å². The molecule has 0 aliphatic heterocycles. The molecule has 0 fully saturated rings. The second kappa shape index (κ2) is 4.38. The number of rotatable bonds is 2. The molecule has 0 spiro atoms. The van der Waals surface area contributed by atoms with E-state index in [0.29, 0.717) is 5.82 Å². The van der Waals surface area contributed by atoms with Crippen molar-refractivity contribution in [2.75, 3.05) is 6.26 Å². The lowest BCUT2D eigenvalue weighted by molar-refractivity contribution is 0.601. The summed E-state index contributed by atoms with van der Waals surface area (Å²) in [5, 5.41) is 0.914. The van der Waals surface area contributed by atoms with E-state index in [1.807, 2.05) is 19.1 Å².